The smallest absolute Gasteiger partial charge is 0.417 e. The molecule has 1 heterocycles. The molecule has 1 aromatic carbocycles. The second kappa shape index (κ2) is 5.86. The normalized spacial score (nSPS) is 11.4. The highest BCUT2D eigenvalue weighted by Gasteiger charge is 2.35. The molecule has 0 bridgehead atoms. The molecule has 2 rings (SSSR count). The van der Waals surface area contributed by atoms with Crippen LogP contribution in [0.15, 0.2) is 36.9 Å². The van der Waals surface area contributed by atoms with E-state index in [1.165, 1.54) is 6.07 Å². The minimum atomic E-state index is -4.69. The molecule has 2 aromatic rings. The number of hydrogen-bond acceptors (Lipinski definition) is 3. The van der Waals surface area contributed by atoms with Crippen LogP contribution in [0.4, 0.5) is 18.9 Å². The molecule has 0 aliphatic carbocycles. The Balaban J connectivity index is 2.11. The van der Waals surface area contributed by atoms with Gasteiger partial charge in [-0.05, 0) is 18.2 Å². The van der Waals surface area contributed by atoms with E-state index in [1.54, 1.807) is 23.3 Å². The largest absolute Gasteiger partial charge is 0.478 e. The fraction of sp³-hybridized carbons (Fsp3) is 0.231. The summed E-state index contributed by atoms with van der Waals surface area (Å²) in [4.78, 5) is 14.8. The van der Waals surface area contributed by atoms with Gasteiger partial charge in [0.25, 0.3) is 0 Å². The summed E-state index contributed by atoms with van der Waals surface area (Å²) < 4.78 is 39.8. The van der Waals surface area contributed by atoms with Crippen LogP contribution in [0, 0.1) is 0 Å². The van der Waals surface area contributed by atoms with Gasteiger partial charge in [-0.3, -0.25) is 0 Å². The SMILES string of the molecule is O=C(O)c1cc(NCCn2ccnc2)ccc1C(F)(F)F. The number of alkyl halides is 3. The minimum absolute atomic E-state index is 0.320. The van der Waals surface area contributed by atoms with Gasteiger partial charge in [0.1, 0.15) is 0 Å². The lowest BCUT2D eigenvalue weighted by Gasteiger charge is -2.13. The number of nitrogens with zero attached hydrogens (tertiary/aromatic N) is 2. The van der Waals surface area contributed by atoms with Crippen molar-refractivity contribution in [2.75, 3.05) is 11.9 Å². The molecule has 0 amide bonds. The molecule has 0 fully saturated rings. The molecule has 5 nitrogen and oxygen atoms in total. The van der Waals surface area contributed by atoms with Crippen LogP contribution in [0.2, 0.25) is 0 Å². The Hall–Kier alpha value is -2.51. The quantitative estimate of drug-likeness (QED) is 0.891. The number of hydrogen-bond donors (Lipinski definition) is 2. The summed E-state index contributed by atoms with van der Waals surface area (Å²) in [5.74, 6) is -1.61. The van der Waals surface area contributed by atoms with Crippen molar-refractivity contribution >= 4 is 11.7 Å². The standard InChI is InChI=1S/C13H12F3N3O2/c14-13(15,16)11-2-1-9(7-10(11)12(20)21)18-4-6-19-5-3-17-8-19/h1-3,5,7-8,18H,4,6H2,(H,20,21). The van der Waals surface area contributed by atoms with Gasteiger partial charge in [-0.15, -0.1) is 0 Å². The summed E-state index contributed by atoms with van der Waals surface area (Å²) in [6.07, 6.45) is 0.276. The molecule has 0 aliphatic rings. The third-order valence-corrected chi connectivity index (χ3v) is 2.81. The van der Waals surface area contributed by atoms with Gasteiger partial charge in [-0.1, -0.05) is 0 Å². The molecule has 0 aliphatic heterocycles. The van der Waals surface area contributed by atoms with E-state index in [0.717, 1.165) is 12.1 Å². The van der Waals surface area contributed by atoms with Crippen LogP contribution >= 0.6 is 0 Å². The first-order chi connectivity index (χ1) is 9.88. The predicted octanol–water partition coefficient (Wildman–Crippen LogP) is 2.71. The summed E-state index contributed by atoms with van der Waals surface area (Å²) in [6, 6.07) is 2.96. The summed E-state index contributed by atoms with van der Waals surface area (Å²) in [7, 11) is 0. The van der Waals surface area contributed by atoms with Crippen molar-refractivity contribution in [1.29, 1.82) is 0 Å². The molecule has 1 aromatic heterocycles. The van der Waals surface area contributed by atoms with Crippen LogP contribution in [0.25, 0.3) is 0 Å². The van der Waals surface area contributed by atoms with Gasteiger partial charge in [0.15, 0.2) is 0 Å². The zero-order valence-electron chi connectivity index (χ0n) is 10.8. The van der Waals surface area contributed by atoms with Gasteiger partial charge in [-0.2, -0.15) is 13.2 Å². The number of anilines is 1. The number of carboxylic acids is 1. The lowest BCUT2D eigenvalue weighted by atomic mass is 10.1. The van der Waals surface area contributed by atoms with Crippen molar-refractivity contribution < 1.29 is 23.1 Å². The fourth-order valence-corrected chi connectivity index (χ4v) is 1.83. The van der Waals surface area contributed by atoms with E-state index in [2.05, 4.69) is 10.3 Å². The monoisotopic (exact) mass is 299 g/mol. The highest BCUT2D eigenvalue weighted by atomic mass is 19.4. The lowest BCUT2D eigenvalue weighted by molar-refractivity contribution is -0.138. The van der Waals surface area contributed by atoms with Gasteiger partial charge < -0.3 is 15.0 Å². The zero-order chi connectivity index (χ0) is 15.5. The van der Waals surface area contributed by atoms with Crippen LogP contribution in [-0.4, -0.2) is 27.2 Å². The van der Waals surface area contributed by atoms with Gasteiger partial charge in [0, 0.05) is 31.2 Å². The molecule has 0 spiro atoms. The lowest BCUT2D eigenvalue weighted by Crippen LogP contribution is -2.14. The van der Waals surface area contributed by atoms with Crippen molar-refractivity contribution in [3.05, 3.63) is 48.0 Å². The Morgan fingerprint density at radius 1 is 1.38 bits per heavy atom. The summed E-state index contributed by atoms with van der Waals surface area (Å²) in [6.45, 7) is 0.990. The summed E-state index contributed by atoms with van der Waals surface area (Å²) in [5, 5.41) is 11.8. The van der Waals surface area contributed by atoms with Crippen LogP contribution in [-0.2, 0) is 12.7 Å². The number of rotatable bonds is 5. The number of benzene rings is 1. The van der Waals surface area contributed by atoms with Crippen LogP contribution in [0.5, 0.6) is 0 Å². The Morgan fingerprint density at radius 3 is 2.71 bits per heavy atom. The van der Waals surface area contributed by atoms with Crippen molar-refractivity contribution in [2.24, 2.45) is 0 Å². The molecule has 112 valence electrons. The van der Waals surface area contributed by atoms with Crippen molar-refractivity contribution in [1.82, 2.24) is 9.55 Å². The van der Waals surface area contributed by atoms with E-state index in [0.29, 0.717) is 18.8 Å². The van der Waals surface area contributed by atoms with Crippen LogP contribution in [0.3, 0.4) is 0 Å². The van der Waals surface area contributed by atoms with Gasteiger partial charge in [0.05, 0.1) is 17.5 Å². The Labute approximate surface area is 118 Å². The average Bonchev–Trinajstić information content (AvgIpc) is 2.90. The van der Waals surface area contributed by atoms with E-state index in [1.807, 2.05) is 0 Å². The van der Waals surface area contributed by atoms with Crippen molar-refractivity contribution in [3.8, 4) is 0 Å². The number of aromatic nitrogens is 2. The van der Waals surface area contributed by atoms with E-state index >= 15 is 0 Å². The highest BCUT2D eigenvalue weighted by molar-refractivity contribution is 5.91. The summed E-state index contributed by atoms with van der Waals surface area (Å²) in [5.41, 5.74) is -1.61. The van der Waals surface area contributed by atoms with Gasteiger partial charge in [0.2, 0.25) is 0 Å². The molecule has 0 radical (unpaired) electrons. The molecule has 0 saturated carbocycles. The van der Waals surface area contributed by atoms with Crippen LogP contribution < -0.4 is 5.32 Å². The van der Waals surface area contributed by atoms with E-state index in [4.69, 9.17) is 5.11 Å². The van der Waals surface area contributed by atoms with Crippen molar-refractivity contribution in [2.45, 2.75) is 12.7 Å². The van der Waals surface area contributed by atoms with Crippen LogP contribution in [0.1, 0.15) is 15.9 Å². The molecular weight excluding hydrogens is 287 g/mol. The number of nitrogens with one attached hydrogen (secondary N) is 1. The molecular formula is C13H12F3N3O2. The van der Waals surface area contributed by atoms with Gasteiger partial charge >= 0.3 is 12.1 Å². The number of imidazole rings is 1. The third-order valence-electron chi connectivity index (χ3n) is 2.81. The topological polar surface area (TPSA) is 67.2 Å². The molecule has 8 heteroatoms. The maximum atomic E-state index is 12.7. The minimum Gasteiger partial charge on any atom is -0.478 e. The predicted molar refractivity (Wildman–Crippen MR) is 69.1 cm³/mol. The number of halogens is 3. The maximum Gasteiger partial charge on any atom is 0.417 e. The first kappa shape index (κ1) is 14.9. The molecule has 2 N–H and O–H groups in total. The number of carbonyl (C=O) groups is 1. The average molecular weight is 299 g/mol. The first-order valence-electron chi connectivity index (χ1n) is 6.02. The molecule has 21 heavy (non-hydrogen) atoms. The van der Waals surface area contributed by atoms with E-state index in [-0.39, 0.29) is 0 Å². The van der Waals surface area contributed by atoms with Gasteiger partial charge in [-0.25, -0.2) is 9.78 Å². The Morgan fingerprint density at radius 2 is 2.14 bits per heavy atom. The second-order valence-electron chi connectivity index (χ2n) is 4.29. The Bertz CT molecular complexity index is 624. The molecule has 0 unspecified atom stereocenters. The molecule has 0 saturated heterocycles. The van der Waals surface area contributed by atoms with E-state index < -0.39 is 23.3 Å². The zero-order valence-corrected chi connectivity index (χ0v) is 10.8. The number of carboxylic acid groups (broad SMARTS) is 1. The van der Waals surface area contributed by atoms with Crippen molar-refractivity contribution in [3.63, 3.8) is 0 Å². The fourth-order valence-electron chi connectivity index (χ4n) is 1.83. The highest BCUT2D eigenvalue weighted by Crippen LogP contribution is 2.33. The Kier molecular flexibility index (Phi) is 4.15. The second-order valence-corrected chi connectivity index (χ2v) is 4.29. The number of aromatic carboxylic acids is 1. The third kappa shape index (κ3) is 3.74. The summed E-state index contributed by atoms with van der Waals surface area (Å²) >= 11 is 0. The first-order valence-corrected chi connectivity index (χ1v) is 6.02. The maximum absolute atomic E-state index is 12.7. The van der Waals surface area contributed by atoms with E-state index in [9.17, 15) is 18.0 Å². The molecule has 0 atom stereocenters.